The summed E-state index contributed by atoms with van der Waals surface area (Å²) in [6, 6.07) is 1.03. The van der Waals surface area contributed by atoms with E-state index >= 15 is 0 Å². The van der Waals surface area contributed by atoms with Gasteiger partial charge in [0.25, 0.3) is 0 Å². The molecule has 0 saturated heterocycles. The van der Waals surface area contributed by atoms with E-state index in [2.05, 4.69) is 38.2 Å². The van der Waals surface area contributed by atoms with E-state index in [-0.39, 0.29) is 17.9 Å². The van der Waals surface area contributed by atoms with Gasteiger partial charge in [-0.15, -0.1) is 10.2 Å². The molecule has 0 radical (unpaired) electrons. The van der Waals surface area contributed by atoms with Crippen LogP contribution in [0.1, 0.15) is 70.5 Å². The topological polar surface area (TPSA) is 105 Å². The molecule has 1 amide bonds. The largest absolute Gasteiger partial charge is 0.377 e. The highest BCUT2D eigenvalue weighted by Crippen LogP contribution is 2.29. The first-order chi connectivity index (χ1) is 13.3. The van der Waals surface area contributed by atoms with Gasteiger partial charge in [0.15, 0.2) is 5.82 Å². The van der Waals surface area contributed by atoms with Gasteiger partial charge in [-0.25, -0.2) is 0 Å². The number of hydrogen-bond acceptors (Lipinski definition) is 6. The number of H-pyrrole nitrogens is 1. The van der Waals surface area contributed by atoms with Gasteiger partial charge in [0.1, 0.15) is 0 Å². The van der Waals surface area contributed by atoms with Crippen molar-refractivity contribution in [2.24, 2.45) is 5.92 Å². The van der Waals surface area contributed by atoms with E-state index in [1.165, 1.54) is 25.7 Å². The lowest BCUT2D eigenvalue weighted by atomic mass is 9.82. The number of aromatic amines is 1. The van der Waals surface area contributed by atoms with Crippen molar-refractivity contribution in [1.29, 1.82) is 0 Å². The van der Waals surface area contributed by atoms with Gasteiger partial charge in [0, 0.05) is 37.6 Å². The van der Waals surface area contributed by atoms with Crippen LogP contribution in [0.15, 0.2) is 0 Å². The van der Waals surface area contributed by atoms with Crippen molar-refractivity contribution in [3.63, 3.8) is 0 Å². The van der Waals surface area contributed by atoms with Crippen molar-refractivity contribution in [2.45, 2.75) is 89.3 Å². The highest BCUT2D eigenvalue weighted by atomic mass is 16.5. The molecule has 2 saturated carbocycles. The van der Waals surface area contributed by atoms with Crippen LogP contribution in [-0.4, -0.2) is 57.9 Å². The molecular formula is C19H34N6O2. The Morgan fingerprint density at radius 2 is 2.11 bits per heavy atom. The van der Waals surface area contributed by atoms with Crippen LogP contribution in [0.3, 0.4) is 0 Å². The summed E-state index contributed by atoms with van der Waals surface area (Å²) in [5.74, 6) is 0.905. The fourth-order valence-corrected chi connectivity index (χ4v) is 4.30. The Morgan fingerprint density at radius 3 is 2.85 bits per heavy atom. The first kappa shape index (κ1) is 20.2. The van der Waals surface area contributed by atoms with E-state index in [9.17, 15) is 4.79 Å². The lowest BCUT2D eigenvalue weighted by Gasteiger charge is -2.37. The minimum atomic E-state index is 0.0543. The number of ether oxygens (including phenoxy) is 1. The number of tetrazole rings is 1. The van der Waals surface area contributed by atoms with Crippen LogP contribution in [0.2, 0.25) is 0 Å². The van der Waals surface area contributed by atoms with E-state index < -0.39 is 0 Å². The van der Waals surface area contributed by atoms with E-state index in [1.54, 1.807) is 0 Å². The van der Waals surface area contributed by atoms with Crippen molar-refractivity contribution in [1.82, 2.24) is 31.3 Å². The first-order valence-electron chi connectivity index (χ1n) is 10.6. The SMILES string of the molecule is CCCO[C@@H]1C[C@@H](C(=O)NCCCc2nn[nH]n2)CC[C@H]1NC1CCCC1. The molecule has 1 aromatic heterocycles. The van der Waals surface area contributed by atoms with Gasteiger partial charge in [0.2, 0.25) is 5.91 Å². The van der Waals surface area contributed by atoms with Crippen molar-refractivity contribution in [3.8, 4) is 0 Å². The maximum atomic E-state index is 12.6. The second-order valence-corrected chi connectivity index (χ2v) is 7.90. The Bertz CT molecular complexity index is 546. The summed E-state index contributed by atoms with van der Waals surface area (Å²) in [4.78, 5) is 12.6. The van der Waals surface area contributed by atoms with E-state index in [1.807, 2.05) is 0 Å². The third-order valence-corrected chi connectivity index (χ3v) is 5.77. The molecule has 2 aliphatic rings. The average Bonchev–Trinajstić information content (AvgIpc) is 3.38. The predicted molar refractivity (Wildman–Crippen MR) is 102 cm³/mol. The number of aromatic nitrogens is 4. The smallest absolute Gasteiger partial charge is 0.223 e. The fraction of sp³-hybridized carbons (Fsp3) is 0.895. The van der Waals surface area contributed by atoms with Crippen LogP contribution in [0.25, 0.3) is 0 Å². The molecule has 0 aliphatic heterocycles. The van der Waals surface area contributed by atoms with E-state index in [0.717, 1.165) is 45.1 Å². The van der Waals surface area contributed by atoms with E-state index in [0.29, 0.717) is 24.5 Å². The third-order valence-electron chi connectivity index (χ3n) is 5.77. The quantitative estimate of drug-likeness (QED) is 0.536. The van der Waals surface area contributed by atoms with Crippen molar-refractivity contribution in [3.05, 3.63) is 5.82 Å². The molecule has 8 nitrogen and oxygen atoms in total. The number of aryl methyl sites for hydroxylation is 1. The number of rotatable bonds is 10. The van der Waals surface area contributed by atoms with Crippen molar-refractivity contribution >= 4 is 5.91 Å². The second-order valence-electron chi connectivity index (χ2n) is 7.90. The first-order valence-corrected chi connectivity index (χ1v) is 10.6. The lowest BCUT2D eigenvalue weighted by molar-refractivity contribution is -0.128. The van der Waals surface area contributed by atoms with Crippen LogP contribution >= 0.6 is 0 Å². The van der Waals surface area contributed by atoms with Crippen molar-refractivity contribution < 1.29 is 9.53 Å². The Kier molecular flexibility index (Phi) is 8.01. The average molecular weight is 379 g/mol. The van der Waals surface area contributed by atoms with Gasteiger partial charge < -0.3 is 15.4 Å². The van der Waals surface area contributed by atoms with Crippen LogP contribution < -0.4 is 10.6 Å². The standard InChI is InChI=1S/C19H34N6O2/c1-2-12-27-17-13-14(9-10-16(17)21-15-6-3-4-7-15)19(26)20-11-5-8-18-22-24-25-23-18/h14-17,21H,2-13H2,1H3,(H,20,26)(H,22,23,24,25)/t14-,16+,17+/m0/s1. The van der Waals surface area contributed by atoms with Crippen LogP contribution in [0.4, 0.5) is 0 Å². The molecule has 2 fully saturated rings. The predicted octanol–water partition coefficient (Wildman–Crippen LogP) is 1.74. The number of amides is 1. The Labute approximate surface area is 161 Å². The zero-order chi connectivity index (χ0) is 18.9. The van der Waals surface area contributed by atoms with Crippen LogP contribution in [0, 0.1) is 5.92 Å². The summed E-state index contributed by atoms with van der Waals surface area (Å²) >= 11 is 0. The number of nitrogens with one attached hydrogen (secondary N) is 3. The molecule has 2 aliphatic carbocycles. The van der Waals surface area contributed by atoms with Crippen LogP contribution in [-0.2, 0) is 16.0 Å². The van der Waals surface area contributed by atoms with Gasteiger partial charge in [-0.3, -0.25) is 4.79 Å². The van der Waals surface area contributed by atoms with Crippen LogP contribution in [0.5, 0.6) is 0 Å². The molecule has 3 rings (SSSR count). The summed E-state index contributed by atoms with van der Waals surface area (Å²) < 4.78 is 6.14. The Morgan fingerprint density at radius 1 is 1.26 bits per heavy atom. The maximum Gasteiger partial charge on any atom is 0.223 e. The molecule has 152 valence electrons. The molecule has 1 heterocycles. The summed E-state index contributed by atoms with van der Waals surface area (Å²) in [7, 11) is 0. The van der Waals surface area contributed by atoms with Gasteiger partial charge in [-0.2, -0.15) is 5.21 Å². The van der Waals surface area contributed by atoms with E-state index in [4.69, 9.17) is 4.74 Å². The number of carbonyl (C=O) groups excluding carboxylic acids is 1. The highest BCUT2D eigenvalue weighted by molar-refractivity contribution is 5.78. The molecule has 1 aromatic rings. The number of hydrogen-bond donors (Lipinski definition) is 3. The number of carbonyl (C=O) groups is 1. The molecule has 3 atom stereocenters. The van der Waals surface area contributed by atoms with Gasteiger partial charge in [-0.05, 0) is 44.9 Å². The minimum absolute atomic E-state index is 0.0543. The second kappa shape index (κ2) is 10.7. The molecule has 3 N–H and O–H groups in total. The minimum Gasteiger partial charge on any atom is -0.377 e. The summed E-state index contributed by atoms with van der Waals surface area (Å²) in [5.41, 5.74) is 0. The van der Waals surface area contributed by atoms with Gasteiger partial charge in [0.05, 0.1) is 6.10 Å². The molecular weight excluding hydrogens is 344 g/mol. The Hall–Kier alpha value is -1.54. The molecule has 0 spiro atoms. The lowest BCUT2D eigenvalue weighted by Crippen LogP contribution is -2.51. The summed E-state index contributed by atoms with van der Waals surface area (Å²) in [6.07, 6.45) is 10.7. The van der Waals surface area contributed by atoms with Gasteiger partial charge >= 0.3 is 0 Å². The summed E-state index contributed by atoms with van der Waals surface area (Å²) in [5, 5.41) is 20.7. The summed E-state index contributed by atoms with van der Waals surface area (Å²) in [6.45, 7) is 3.55. The zero-order valence-corrected chi connectivity index (χ0v) is 16.5. The maximum absolute atomic E-state index is 12.6. The highest BCUT2D eigenvalue weighted by Gasteiger charge is 2.35. The fourth-order valence-electron chi connectivity index (χ4n) is 4.30. The Balaban J connectivity index is 1.42. The number of nitrogens with zero attached hydrogens (tertiary/aromatic N) is 3. The normalized spacial score (nSPS) is 26.3. The molecule has 0 bridgehead atoms. The third kappa shape index (κ3) is 6.24. The van der Waals surface area contributed by atoms with Crippen molar-refractivity contribution in [2.75, 3.05) is 13.2 Å². The molecule has 8 heteroatoms. The zero-order valence-electron chi connectivity index (χ0n) is 16.5. The molecule has 27 heavy (non-hydrogen) atoms. The van der Waals surface area contributed by atoms with Gasteiger partial charge in [-0.1, -0.05) is 25.0 Å². The molecule has 0 unspecified atom stereocenters. The molecule has 0 aromatic carbocycles. The monoisotopic (exact) mass is 378 g/mol.